The summed E-state index contributed by atoms with van der Waals surface area (Å²) < 4.78 is 10.5. The van der Waals surface area contributed by atoms with E-state index in [-0.39, 0.29) is 24.5 Å². The monoisotopic (exact) mass is 393 g/mol. The van der Waals surface area contributed by atoms with Crippen LogP contribution in [0.2, 0.25) is 0 Å². The quantitative estimate of drug-likeness (QED) is 0.322. The van der Waals surface area contributed by atoms with Crippen molar-refractivity contribution in [2.75, 3.05) is 26.9 Å². The zero-order valence-electron chi connectivity index (χ0n) is 16.2. The van der Waals surface area contributed by atoms with E-state index in [9.17, 15) is 14.7 Å². The Morgan fingerprint density at radius 2 is 1.83 bits per heavy atom. The van der Waals surface area contributed by atoms with Crippen molar-refractivity contribution in [2.24, 2.45) is 0 Å². The topological polar surface area (TPSA) is 76.1 Å². The highest BCUT2D eigenvalue weighted by Gasteiger charge is 2.45. The number of amides is 1. The van der Waals surface area contributed by atoms with E-state index in [0.717, 1.165) is 5.56 Å². The number of hydrogen-bond acceptors (Lipinski definition) is 5. The van der Waals surface area contributed by atoms with Crippen LogP contribution in [-0.4, -0.2) is 48.6 Å². The van der Waals surface area contributed by atoms with E-state index in [4.69, 9.17) is 9.47 Å². The fourth-order valence-corrected chi connectivity index (χ4v) is 3.30. The van der Waals surface area contributed by atoms with Crippen molar-refractivity contribution in [1.29, 1.82) is 0 Å². The normalized spacial score (nSPS) is 18.1. The molecular weight excluding hydrogens is 370 g/mol. The maximum atomic E-state index is 12.8. The molecule has 1 fully saturated rings. The Bertz CT molecular complexity index is 918. The van der Waals surface area contributed by atoms with Gasteiger partial charge in [0.25, 0.3) is 11.7 Å². The molecule has 1 saturated heterocycles. The first-order valence-electron chi connectivity index (χ1n) is 9.25. The highest BCUT2D eigenvalue weighted by Crippen LogP contribution is 2.39. The van der Waals surface area contributed by atoms with Gasteiger partial charge in [0.15, 0.2) is 0 Å². The van der Waals surface area contributed by atoms with Gasteiger partial charge in [0.1, 0.15) is 18.1 Å². The first-order chi connectivity index (χ1) is 14.1. The molecule has 2 aromatic rings. The number of benzene rings is 2. The number of nitrogens with zero attached hydrogens (tertiary/aromatic N) is 1. The van der Waals surface area contributed by atoms with Crippen molar-refractivity contribution in [1.82, 2.24) is 4.90 Å². The zero-order chi connectivity index (χ0) is 20.8. The van der Waals surface area contributed by atoms with Crippen LogP contribution in [0.25, 0.3) is 5.76 Å². The highest BCUT2D eigenvalue weighted by atomic mass is 16.5. The van der Waals surface area contributed by atoms with Crippen molar-refractivity contribution in [2.45, 2.75) is 6.04 Å². The van der Waals surface area contributed by atoms with Gasteiger partial charge in [0.2, 0.25) is 0 Å². The van der Waals surface area contributed by atoms with Gasteiger partial charge in [-0.25, -0.2) is 0 Å². The lowest BCUT2D eigenvalue weighted by molar-refractivity contribution is -0.140. The maximum absolute atomic E-state index is 12.8. The van der Waals surface area contributed by atoms with Gasteiger partial charge >= 0.3 is 0 Å². The molecule has 1 N–H and O–H groups in total. The van der Waals surface area contributed by atoms with E-state index in [2.05, 4.69) is 6.58 Å². The molecule has 1 aliphatic rings. The summed E-state index contributed by atoms with van der Waals surface area (Å²) in [5.74, 6) is -0.961. The summed E-state index contributed by atoms with van der Waals surface area (Å²) >= 11 is 0. The summed E-state index contributed by atoms with van der Waals surface area (Å²) in [6.07, 6.45) is 1.63. The molecule has 1 amide bonds. The van der Waals surface area contributed by atoms with E-state index in [1.54, 1.807) is 30.3 Å². The smallest absolute Gasteiger partial charge is 0.295 e. The number of rotatable bonds is 8. The summed E-state index contributed by atoms with van der Waals surface area (Å²) in [5.41, 5.74) is 1.24. The van der Waals surface area contributed by atoms with Gasteiger partial charge < -0.3 is 19.5 Å². The summed E-state index contributed by atoms with van der Waals surface area (Å²) in [4.78, 5) is 26.9. The van der Waals surface area contributed by atoms with E-state index in [1.807, 2.05) is 30.3 Å². The van der Waals surface area contributed by atoms with Gasteiger partial charge in [0, 0.05) is 19.2 Å². The second-order valence-electron chi connectivity index (χ2n) is 6.52. The lowest BCUT2D eigenvalue weighted by Gasteiger charge is -2.25. The largest absolute Gasteiger partial charge is 0.507 e. The van der Waals surface area contributed by atoms with Crippen molar-refractivity contribution in [3.8, 4) is 5.75 Å². The third kappa shape index (κ3) is 4.22. The third-order valence-electron chi connectivity index (χ3n) is 4.69. The minimum Gasteiger partial charge on any atom is -0.507 e. The second-order valence-corrected chi connectivity index (χ2v) is 6.52. The number of likely N-dealkylation sites (tertiary alicyclic amines) is 1. The molecule has 150 valence electrons. The molecule has 0 aromatic heterocycles. The van der Waals surface area contributed by atoms with Crippen LogP contribution in [0.5, 0.6) is 5.75 Å². The lowest BCUT2D eigenvalue weighted by Crippen LogP contribution is -2.32. The molecule has 1 heterocycles. The molecule has 0 aliphatic carbocycles. The van der Waals surface area contributed by atoms with Gasteiger partial charge in [-0.1, -0.05) is 43.0 Å². The SMILES string of the molecule is C=CCOc1ccc(C(O)=C2C(=O)C(=O)N(CCOC)[C@@H]2c2ccccc2)cc1. The number of carbonyl (C=O) groups is 2. The van der Waals surface area contributed by atoms with E-state index < -0.39 is 17.7 Å². The number of aliphatic hydroxyl groups is 1. The molecular formula is C23H23NO5. The fraction of sp³-hybridized carbons (Fsp3) is 0.217. The Labute approximate surface area is 169 Å². The van der Waals surface area contributed by atoms with Gasteiger partial charge in [-0.2, -0.15) is 0 Å². The van der Waals surface area contributed by atoms with Crippen LogP contribution in [0.4, 0.5) is 0 Å². The molecule has 1 atom stereocenters. The van der Waals surface area contributed by atoms with Crippen LogP contribution in [0.15, 0.2) is 72.8 Å². The summed E-state index contributed by atoms with van der Waals surface area (Å²) in [6, 6.07) is 15.2. The second kappa shape index (κ2) is 9.21. The Hall–Kier alpha value is -3.38. The fourth-order valence-electron chi connectivity index (χ4n) is 3.30. The lowest BCUT2D eigenvalue weighted by atomic mass is 9.95. The minimum atomic E-state index is -0.709. The van der Waals surface area contributed by atoms with Crippen molar-refractivity contribution < 1.29 is 24.2 Å². The Balaban J connectivity index is 2.04. The molecule has 0 unspecified atom stereocenters. The van der Waals surface area contributed by atoms with E-state index in [1.165, 1.54) is 12.0 Å². The van der Waals surface area contributed by atoms with E-state index >= 15 is 0 Å². The number of Topliss-reactive ketones (excluding diaryl/α,β-unsaturated/α-hetero) is 1. The average Bonchev–Trinajstić information content (AvgIpc) is 3.01. The summed E-state index contributed by atoms with van der Waals surface area (Å²) in [7, 11) is 1.53. The van der Waals surface area contributed by atoms with Gasteiger partial charge in [0.05, 0.1) is 18.2 Å². The molecule has 0 bridgehead atoms. The van der Waals surface area contributed by atoms with Crippen molar-refractivity contribution >= 4 is 17.4 Å². The molecule has 6 heteroatoms. The molecule has 0 spiro atoms. The standard InChI is InChI=1S/C23H23NO5/c1-3-14-29-18-11-9-17(10-12-18)21(25)19-20(16-7-5-4-6-8-16)24(13-15-28-2)23(27)22(19)26/h3-12,20,25H,1,13-15H2,2H3/t20-/m1/s1. The molecule has 0 radical (unpaired) electrons. The predicted molar refractivity (Wildman–Crippen MR) is 109 cm³/mol. The predicted octanol–water partition coefficient (Wildman–Crippen LogP) is 3.32. The number of aliphatic hydroxyl groups excluding tert-OH is 1. The number of ether oxygens (including phenoxy) is 2. The van der Waals surface area contributed by atoms with E-state index in [0.29, 0.717) is 17.9 Å². The Morgan fingerprint density at radius 3 is 2.45 bits per heavy atom. The van der Waals surface area contributed by atoms with Crippen molar-refractivity contribution in [3.63, 3.8) is 0 Å². The molecule has 1 aliphatic heterocycles. The van der Waals surface area contributed by atoms with Crippen LogP contribution in [0.3, 0.4) is 0 Å². The number of ketones is 1. The Morgan fingerprint density at radius 1 is 1.14 bits per heavy atom. The third-order valence-corrected chi connectivity index (χ3v) is 4.69. The van der Waals surface area contributed by atoms with Gasteiger partial charge in [-0.05, 0) is 29.8 Å². The maximum Gasteiger partial charge on any atom is 0.295 e. The first kappa shape index (κ1) is 20.4. The van der Waals surface area contributed by atoms with Gasteiger partial charge in [-0.3, -0.25) is 9.59 Å². The van der Waals surface area contributed by atoms with Crippen LogP contribution in [-0.2, 0) is 14.3 Å². The van der Waals surface area contributed by atoms with Crippen molar-refractivity contribution in [3.05, 3.63) is 84.0 Å². The number of methoxy groups -OCH3 is 1. The summed E-state index contributed by atoms with van der Waals surface area (Å²) in [5, 5.41) is 10.9. The van der Waals surface area contributed by atoms with Crippen LogP contribution in [0, 0.1) is 0 Å². The Kier molecular flexibility index (Phi) is 6.46. The first-order valence-corrected chi connectivity index (χ1v) is 9.25. The average molecular weight is 393 g/mol. The molecule has 29 heavy (non-hydrogen) atoms. The van der Waals surface area contributed by atoms with Gasteiger partial charge in [-0.15, -0.1) is 0 Å². The minimum absolute atomic E-state index is 0.0667. The zero-order valence-corrected chi connectivity index (χ0v) is 16.2. The molecule has 2 aromatic carbocycles. The molecule has 3 rings (SSSR count). The molecule has 0 saturated carbocycles. The van der Waals surface area contributed by atoms with Crippen LogP contribution >= 0.6 is 0 Å². The van der Waals surface area contributed by atoms with Crippen LogP contribution in [0.1, 0.15) is 17.2 Å². The molecule has 6 nitrogen and oxygen atoms in total. The summed E-state index contributed by atoms with van der Waals surface area (Å²) in [6.45, 7) is 4.49. The number of carbonyl (C=O) groups excluding carboxylic acids is 2. The van der Waals surface area contributed by atoms with Crippen LogP contribution < -0.4 is 4.74 Å². The highest BCUT2D eigenvalue weighted by molar-refractivity contribution is 6.46. The number of hydrogen-bond donors (Lipinski definition) is 1.